The largest absolute Gasteiger partial charge is 0.503 e. The first kappa shape index (κ1) is 21.3. The van der Waals surface area contributed by atoms with Crippen LogP contribution in [0.5, 0.6) is 0 Å². The standard InChI is InChI=1S/C23H27NO4S/c1-23(2,3)16-10-8-15(9-11-16)19-18(20(25)17-7-5-14-29-17)21(26)22(27)24(19)12-6-13-28-4/h5,7-11,14,19,26H,6,12-13H2,1-4H3/t19-/m1/s1. The van der Waals surface area contributed by atoms with Crippen LogP contribution in [0.25, 0.3) is 0 Å². The fourth-order valence-corrected chi connectivity index (χ4v) is 4.23. The van der Waals surface area contributed by atoms with Crippen molar-refractivity contribution in [1.29, 1.82) is 0 Å². The van der Waals surface area contributed by atoms with Gasteiger partial charge in [0.05, 0.1) is 16.5 Å². The molecule has 1 N–H and O–H groups in total. The Morgan fingerprint density at radius 3 is 2.45 bits per heavy atom. The van der Waals surface area contributed by atoms with Crippen molar-refractivity contribution in [3.05, 3.63) is 69.1 Å². The Hall–Kier alpha value is -2.44. The van der Waals surface area contributed by atoms with Crippen LogP contribution in [0, 0.1) is 0 Å². The van der Waals surface area contributed by atoms with E-state index in [4.69, 9.17) is 4.74 Å². The number of rotatable bonds is 7. The quantitative estimate of drug-likeness (QED) is 0.530. The van der Waals surface area contributed by atoms with Gasteiger partial charge in [-0.25, -0.2) is 0 Å². The predicted molar refractivity (Wildman–Crippen MR) is 114 cm³/mol. The number of carbonyl (C=O) groups excluding carboxylic acids is 2. The van der Waals surface area contributed by atoms with Gasteiger partial charge in [0.15, 0.2) is 5.76 Å². The average Bonchev–Trinajstić information content (AvgIpc) is 3.30. The highest BCUT2D eigenvalue weighted by molar-refractivity contribution is 7.12. The number of nitrogens with zero attached hydrogens (tertiary/aromatic N) is 1. The number of aliphatic hydroxyl groups excluding tert-OH is 1. The van der Waals surface area contributed by atoms with E-state index >= 15 is 0 Å². The van der Waals surface area contributed by atoms with Crippen LogP contribution in [0.3, 0.4) is 0 Å². The van der Waals surface area contributed by atoms with E-state index in [1.807, 2.05) is 29.6 Å². The second-order valence-electron chi connectivity index (χ2n) is 8.19. The monoisotopic (exact) mass is 413 g/mol. The number of Topliss-reactive ketones (excluding diaryl/α,β-unsaturated/α-hetero) is 1. The highest BCUT2D eigenvalue weighted by Crippen LogP contribution is 2.40. The molecule has 0 unspecified atom stereocenters. The first-order chi connectivity index (χ1) is 13.8. The molecule has 1 amide bonds. The molecule has 0 saturated carbocycles. The van der Waals surface area contributed by atoms with Gasteiger partial charge in [0.2, 0.25) is 5.78 Å². The molecule has 0 aliphatic carbocycles. The summed E-state index contributed by atoms with van der Waals surface area (Å²) in [7, 11) is 1.61. The molecule has 3 rings (SSSR count). The predicted octanol–water partition coefficient (Wildman–Crippen LogP) is 4.66. The molecule has 2 aromatic rings. The number of aliphatic hydroxyl groups is 1. The summed E-state index contributed by atoms with van der Waals surface area (Å²) in [6, 6.07) is 10.8. The van der Waals surface area contributed by atoms with E-state index < -0.39 is 17.7 Å². The summed E-state index contributed by atoms with van der Waals surface area (Å²) < 4.78 is 5.11. The number of thiophene rings is 1. The molecule has 0 radical (unpaired) electrons. The van der Waals surface area contributed by atoms with E-state index in [0.717, 1.165) is 11.1 Å². The molecule has 2 heterocycles. The van der Waals surface area contributed by atoms with Gasteiger partial charge in [0.1, 0.15) is 0 Å². The molecule has 0 bridgehead atoms. The molecule has 5 nitrogen and oxygen atoms in total. The smallest absolute Gasteiger partial charge is 0.290 e. The van der Waals surface area contributed by atoms with E-state index in [0.29, 0.717) is 24.4 Å². The Balaban J connectivity index is 2.02. The van der Waals surface area contributed by atoms with Crippen LogP contribution in [0.1, 0.15) is 54.0 Å². The summed E-state index contributed by atoms with van der Waals surface area (Å²) in [5, 5.41) is 12.4. The summed E-state index contributed by atoms with van der Waals surface area (Å²) in [6.07, 6.45) is 0.618. The molecule has 6 heteroatoms. The Morgan fingerprint density at radius 1 is 1.21 bits per heavy atom. The molecule has 1 atom stereocenters. The first-order valence-corrected chi connectivity index (χ1v) is 10.6. The lowest BCUT2D eigenvalue weighted by Crippen LogP contribution is -2.32. The third-order valence-corrected chi connectivity index (χ3v) is 6.00. The maximum Gasteiger partial charge on any atom is 0.290 e. The Kier molecular flexibility index (Phi) is 6.24. The highest BCUT2D eigenvalue weighted by Gasteiger charge is 2.43. The minimum absolute atomic E-state index is 0.00419. The van der Waals surface area contributed by atoms with Crippen molar-refractivity contribution in [3.63, 3.8) is 0 Å². The lowest BCUT2D eigenvalue weighted by molar-refractivity contribution is -0.129. The van der Waals surface area contributed by atoms with Gasteiger partial charge in [-0.2, -0.15) is 0 Å². The molecule has 29 heavy (non-hydrogen) atoms. The van der Waals surface area contributed by atoms with E-state index in [1.54, 1.807) is 24.1 Å². The van der Waals surface area contributed by atoms with Crippen molar-refractivity contribution in [2.24, 2.45) is 0 Å². The van der Waals surface area contributed by atoms with Gasteiger partial charge >= 0.3 is 0 Å². The maximum absolute atomic E-state index is 13.1. The molecule has 0 saturated heterocycles. The third kappa shape index (κ3) is 4.28. The number of methoxy groups -OCH3 is 1. The van der Waals surface area contributed by atoms with Crippen molar-refractivity contribution in [2.45, 2.75) is 38.6 Å². The van der Waals surface area contributed by atoms with Crippen molar-refractivity contribution in [3.8, 4) is 0 Å². The van der Waals surface area contributed by atoms with Gasteiger partial charge in [0, 0.05) is 20.3 Å². The number of ketones is 1. The molecular weight excluding hydrogens is 386 g/mol. The van der Waals surface area contributed by atoms with Crippen LogP contribution in [0.15, 0.2) is 53.1 Å². The van der Waals surface area contributed by atoms with Crippen molar-refractivity contribution < 1.29 is 19.4 Å². The normalized spacial score (nSPS) is 17.3. The van der Waals surface area contributed by atoms with Crippen LogP contribution in [0.2, 0.25) is 0 Å². The Bertz CT molecular complexity index is 907. The number of amides is 1. The minimum atomic E-state index is -0.608. The van der Waals surface area contributed by atoms with Gasteiger partial charge in [-0.05, 0) is 34.4 Å². The number of ether oxygens (including phenoxy) is 1. The van der Waals surface area contributed by atoms with Crippen molar-refractivity contribution >= 4 is 23.0 Å². The fourth-order valence-electron chi connectivity index (χ4n) is 3.55. The van der Waals surface area contributed by atoms with Crippen molar-refractivity contribution in [2.75, 3.05) is 20.3 Å². The second-order valence-corrected chi connectivity index (χ2v) is 9.14. The van der Waals surface area contributed by atoms with E-state index in [2.05, 4.69) is 20.8 Å². The zero-order valence-electron chi connectivity index (χ0n) is 17.3. The SMILES string of the molecule is COCCCN1C(=O)C(O)=C(C(=O)c2cccs2)[C@H]1c1ccc(C(C)(C)C)cc1. The summed E-state index contributed by atoms with van der Waals surface area (Å²) in [5.41, 5.74) is 2.12. The molecule has 1 aliphatic heterocycles. The fraction of sp³-hybridized carbons (Fsp3) is 0.391. The van der Waals surface area contributed by atoms with Gasteiger partial charge in [-0.1, -0.05) is 51.1 Å². The van der Waals surface area contributed by atoms with Crippen LogP contribution < -0.4 is 0 Å². The van der Waals surface area contributed by atoms with E-state index in [1.165, 1.54) is 11.3 Å². The average molecular weight is 414 g/mol. The molecule has 1 aromatic heterocycles. The molecule has 0 spiro atoms. The van der Waals surface area contributed by atoms with Gasteiger partial charge in [0.25, 0.3) is 5.91 Å². The summed E-state index contributed by atoms with van der Waals surface area (Å²) in [4.78, 5) is 28.0. The van der Waals surface area contributed by atoms with Gasteiger partial charge in [-0.15, -0.1) is 11.3 Å². The van der Waals surface area contributed by atoms with Crippen LogP contribution in [-0.4, -0.2) is 42.0 Å². The summed E-state index contributed by atoms with van der Waals surface area (Å²) in [6.45, 7) is 7.29. The minimum Gasteiger partial charge on any atom is -0.503 e. The van der Waals surface area contributed by atoms with E-state index in [-0.39, 0.29) is 16.8 Å². The topological polar surface area (TPSA) is 66.8 Å². The van der Waals surface area contributed by atoms with Gasteiger partial charge < -0.3 is 14.7 Å². The molecule has 154 valence electrons. The van der Waals surface area contributed by atoms with Gasteiger partial charge in [-0.3, -0.25) is 9.59 Å². The first-order valence-electron chi connectivity index (χ1n) is 9.67. The lowest BCUT2D eigenvalue weighted by atomic mass is 9.85. The molecule has 1 aliphatic rings. The molecule has 0 fully saturated rings. The third-order valence-electron chi connectivity index (χ3n) is 5.13. The number of hydrogen-bond acceptors (Lipinski definition) is 5. The van der Waals surface area contributed by atoms with Crippen LogP contribution in [0.4, 0.5) is 0 Å². The zero-order valence-corrected chi connectivity index (χ0v) is 18.1. The van der Waals surface area contributed by atoms with Crippen LogP contribution in [-0.2, 0) is 14.9 Å². The Labute approximate surface area is 175 Å². The molecule has 1 aromatic carbocycles. The maximum atomic E-state index is 13.1. The zero-order chi connectivity index (χ0) is 21.2. The molecular formula is C23H27NO4S. The lowest BCUT2D eigenvalue weighted by Gasteiger charge is -2.27. The summed E-state index contributed by atoms with van der Waals surface area (Å²) in [5.74, 6) is -1.26. The van der Waals surface area contributed by atoms with Crippen molar-refractivity contribution in [1.82, 2.24) is 4.90 Å². The Morgan fingerprint density at radius 2 is 1.90 bits per heavy atom. The van der Waals surface area contributed by atoms with Crippen LogP contribution >= 0.6 is 11.3 Å². The van der Waals surface area contributed by atoms with E-state index in [9.17, 15) is 14.7 Å². The number of carbonyl (C=O) groups is 2. The second kappa shape index (κ2) is 8.51. The summed E-state index contributed by atoms with van der Waals surface area (Å²) >= 11 is 1.30. The number of benzene rings is 1. The highest BCUT2D eigenvalue weighted by atomic mass is 32.1. The number of hydrogen-bond donors (Lipinski definition) is 1.